The Hall–Kier alpha value is -4.82. The molecule has 0 unspecified atom stereocenters. The molecule has 2 heterocycles. The van der Waals surface area contributed by atoms with E-state index in [1.807, 2.05) is 55.5 Å². The van der Waals surface area contributed by atoms with Crippen molar-refractivity contribution in [2.24, 2.45) is 28.4 Å². The van der Waals surface area contributed by atoms with Crippen LogP contribution in [0.15, 0.2) is 84.7 Å². The Labute approximate surface area is 336 Å². The number of aliphatic hydroxyl groups is 1. The molecular formula is C45H50FN3O9. The van der Waals surface area contributed by atoms with E-state index in [0.29, 0.717) is 36.9 Å². The van der Waals surface area contributed by atoms with Crippen molar-refractivity contribution >= 4 is 40.1 Å². The number of alkyl halides is 1. The number of aliphatic hydroxyl groups excluding tert-OH is 1. The molecule has 12 nitrogen and oxygen atoms in total. The first-order valence-electron chi connectivity index (χ1n) is 20.0. The van der Waals surface area contributed by atoms with E-state index in [0.717, 1.165) is 21.9 Å². The van der Waals surface area contributed by atoms with Gasteiger partial charge in [0.05, 0.1) is 24.7 Å². The van der Waals surface area contributed by atoms with Crippen LogP contribution in [0.5, 0.6) is 0 Å². The minimum atomic E-state index is -2.09. The second-order valence-corrected chi connectivity index (χ2v) is 17.4. The summed E-state index contributed by atoms with van der Waals surface area (Å²) in [5, 5.41) is 16.7. The standard InChI is InChI=1S/C45H50FN3O9/c1-41(2)57-38-21-35-34-12-10-30-20-32(50)13-16-42(30,3)44(34,46)36(51)22-43(35,4)45(38,58-41)37(52)25-56-40(54)55-18-15-26-5-7-27(8-6-26)33(23-47)39(53)49-31-11-9-29-24-48-17-14-28(29)19-31/h5-9,11,13-14,16-17,19-20,24,33-36,38,51H,10,12,15,18,21-23,25,47H2,1-4H3,(H,49,53)/t33-,34+,35+,36+,38-,42+,43+,44+,45-/m1/s1. The Kier molecular flexibility index (Phi) is 9.98. The molecule has 3 aromatic rings. The number of nitrogens with zero attached hydrogens (tertiary/aromatic N) is 1. The number of halogens is 1. The molecule has 306 valence electrons. The Bertz CT molecular complexity index is 2230. The highest BCUT2D eigenvalue weighted by Gasteiger charge is 2.80. The number of pyridine rings is 1. The van der Waals surface area contributed by atoms with Gasteiger partial charge in [-0.1, -0.05) is 48.9 Å². The SMILES string of the molecule is CC1(C)O[C@@H]2C[C@H]3[C@@H]4CCC5=CC(=O)C=C[C@]5(C)[C@@]4(F)[C@@H](O)C[C@]3(C)[C@]2(C(=O)COC(=O)OCCc2ccc([C@@H](CN)C(=O)Nc3ccc4cnccc4c3)cc2)O1. The third-order valence-electron chi connectivity index (χ3n) is 13.8. The summed E-state index contributed by atoms with van der Waals surface area (Å²) in [6.45, 7) is 6.41. The number of aromatic nitrogens is 1. The molecule has 0 radical (unpaired) electrons. The van der Waals surface area contributed by atoms with Gasteiger partial charge in [-0.2, -0.15) is 0 Å². The Morgan fingerprint density at radius 1 is 1.05 bits per heavy atom. The molecule has 8 rings (SSSR count). The molecule has 4 fully saturated rings. The first-order valence-corrected chi connectivity index (χ1v) is 20.0. The number of nitrogens with one attached hydrogen (secondary N) is 1. The summed E-state index contributed by atoms with van der Waals surface area (Å²) < 4.78 is 41.3. The lowest BCUT2D eigenvalue weighted by Gasteiger charge is -2.62. The number of hydrogen-bond acceptors (Lipinski definition) is 11. The lowest BCUT2D eigenvalue weighted by Crippen LogP contribution is -2.70. The van der Waals surface area contributed by atoms with E-state index in [1.54, 1.807) is 39.2 Å². The number of anilines is 1. The number of allylic oxidation sites excluding steroid dienone is 4. The summed E-state index contributed by atoms with van der Waals surface area (Å²) in [6.07, 6.45) is 6.05. The largest absolute Gasteiger partial charge is 0.508 e. The maximum absolute atomic E-state index is 17.7. The van der Waals surface area contributed by atoms with Crippen molar-refractivity contribution in [1.29, 1.82) is 0 Å². The van der Waals surface area contributed by atoms with Crippen LogP contribution in [0.25, 0.3) is 10.8 Å². The molecule has 4 N–H and O–H groups in total. The molecule has 5 aliphatic rings. The van der Waals surface area contributed by atoms with Crippen molar-refractivity contribution in [3.63, 3.8) is 0 Å². The van der Waals surface area contributed by atoms with Crippen LogP contribution < -0.4 is 11.1 Å². The zero-order chi connectivity index (χ0) is 41.3. The quantitative estimate of drug-likeness (QED) is 0.204. The molecule has 4 aliphatic carbocycles. The predicted octanol–water partition coefficient (Wildman–Crippen LogP) is 6.05. The van der Waals surface area contributed by atoms with Gasteiger partial charge in [0.2, 0.25) is 11.7 Å². The normalized spacial score (nSPS) is 33.6. The minimum Gasteiger partial charge on any atom is -0.434 e. The van der Waals surface area contributed by atoms with E-state index < -0.39 is 76.4 Å². The van der Waals surface area contributed by atoms with E-state index in [-0.39, 0.29) is 31.3 Å². The van der Waals surface area contributed by atoms with Gasteiger partial charge >= 0.3 is 6.16 Å². The second kappa shape index (κ2) is 14.5. The van der Waals surface area contributed by atoms with Gasteiger partial charge < -0.3 is 35.1 Å². The molecule has 3 saturated carbocycles. The number of rotatable bonds is 10. The van der Waals surface area contributed by atoms with Gasteiger partial charge in [0, 0.05) is 53.2 Å². The number of hydrogen-bond donors (Lipinski definition) is 3. The van der Waals surface area contributed by atoms with Crippen molar-refractivity contribution in [1.82, 2.24) is 4.98 Å². The zero-order valence-corrected chi connectivity index (χ0v) is 33.2. The maximum atomic E-state index is 17.7. The van der Waals surface area contributed by atoms with Gasteiger partial charge in [0.1, 0.15) is 0 Å². The molecule has 13 heteroatoms. The number of ketones is 2. The number of nitrogens with two attached hydrogens (primary N) is 1. The van der Waals surface area contributed by atoms with E-state index in [2.05, 4.69) is 10.3 Å². The highest BCUT2D eigenvalue weighted by molar-refractivity contribution is 6.01. The fourth-order valence-electron chi connectivity index (χ4n) is 11.0. The number of ether oxygens (including phenoxy) is 4. The van der Waals surface area contributed by atoms with Crippen molar-refractivity contribution in [2.45, 2.75) is 95.0 Å². The van der Waals surface area contributed by atoms with E-state index in [1.165, 1.54) is 12.2 Å². The minimum absolute atomic E-state index is 0.0352. The van der Waals surface area contributed by atoms with Crippen LogP contribution in [-0.2, 0) is 39.8 Å². The molecule has 2 aromatic carbocycles. The van der Waals surface area contributed by atoms with Gasteiger partial charge in [0.25, 0.3) is 0 Å². The maximum Gasteiger partial charge on any atom is 0.508 e. The Balaban J connectivity index is 0.887. The van der Waals surface area contributed by atoms with Gasteiger partial charge in [-0.3, -0.25) is 19.4 Å². The Morgan fingerprint density at radius 3 is 2.59 bits per heavy atom. The lowest BCUT2D eigenvalue weighted by molar-refractivity contribution is -0.246. The van der Waals surface area contributed by atoms with Crippen LogP contribution in [0.3, 0.4) is 0 Å². The topological polar surface area (TPSA) is 176 Å². The molecule has 0 spiro atoms. The van der Waals surface area contributed by atoms with Crippen molar-refractivity contribution in [3.8, 4) is 0 Å². The van der Waals surface area contributed by atoms with Gasteiger partial charge in [-0.15, -0.1) is 0 Å². The summed E-state index contributed by atoms with van der Waals surface area (Å²) in [4.78, 5) is 56.7. The zero-order valence-electron chi connectivity index (χ0n) is 33.2. The number of carbonyl (C=O) groups is 4. The average Bonchev–Trinajstić information content (AvgIpc) is 3.60. The smallest absolute Gasteiger partial charge is 0.434 e. The van der Waals surface area contributed by atoms with Crippen LogP contribution in [0.2, 0.25) is 0 Å². The third kappa shape index (κ3) is 6.29. The van der Waals surface area contributed by atoms with Crippen LogP contribution >= 0.6 is 0 Å². The number of amides is 1. The summed E-state index contributed by atoms with van der Waals surface area (Å²) in [7, 11) is 0. The summed E-state index contributed by atoms with van der Waals surface area (Å²) >= 11 is 0. The first-order chi connectivity index (χ1) is 27.5. The van der Waals surface area contributed by atoms with Crippen LogP contribution in [0, 0.1) is 22.7 Å². The number of fused-ring (bicyclic) bond motifs is 8. The predicted molar refractivity (Wildman–Crippen MR) is 211 cm³/mol. The first kappa shape index (κ1) is 40.0. The molecule has 9 atom stereocenters. The van der Waals surface area contributed by atoms with Gasteiger partial charge in [-0.25, -0.2) is 9.18 Å². The van der Waals surface area contributed by atoms with Gasteiger partial charge in [0.15, 0.2) is 29.4 Å². The Morgan fingerprint density at radius 2 is 1.83 bits per heavy atom. The molecular weight excluding hydrogens is 746 g/mol. The summed E-state index contributed by atoms with van der Waals surface area (Å²) in [6, 6.07) is 14.8. The fraction of sp³-hybridized carbons (Fsp3) is 0.489. The van der Waals surface area contributed by atoms with Crippen LogP contribution in [0.4, 0.5) is 14.9 Å². The van der Waals surface area contributed by atoms with E-state index >= 15 is 4.39 Å². The highest BCUT2D eigenvalue weighted by atomic mass is 19.1. The monoisotopic (exact) mass is 795 g/mol. The lowest BCUT2D eigenvalue weighted by atomic mass is 9.44. The molecule has 1 saturated heterocycles. The molecule has 1 aliphatic heterocycles. The summed E-state index contributed by atoms with van der Waals surface area (Å²) in [5.41, 5.74) is 2.96. The second-order valence-electron chi connectivity index (χ2n) is 17.4. The summed E-state index contributed by atoms with van der Waals surface area (Å²) in [5.74, 6) is -3.79. The van der Waals surface area contributed by atoms with Crippen molar-refractivity contribution < 1.29 is 47.6 Å². The van der Waals surface area contributed by atoms with E-state index in [9.17, 15) is 24.3 Å². The average molecular weight is 796 g/mol. The van der Waals surface area contributed by atoms with Crippen molar-refractivity contribution in [2.75, 3.05) is 25.1 Å². The third-order valence-corrected chi connectivity index (χ3v) is 13.8. The molecule has 58 heavy (non-hydrogen) atoms. The number of carbonyl (C=O) groups excluding carboxylic acids is 4. The van der Waals surface area contributed by atoms with Crippen molar-refractivity contribution in [3.05, 3.63) is 95.9 Å². The van der Waals surface area contributed by atoms with Crippen LogP contribution in [-0.4, -0.2) is 82.7 Å². The fourth-order valence-corrected chi connectivity index (χ4v) is 11.0. The van der Waals surface area contributed by atoms with Gasteiger partial charge in [-0.05, 0) is 99.2 Å². The molecule has 0 bridgehead atoms. The van der Waals surface area contributed by atoms with E-state index in [4.69, 9.17) is 24.7 Å². The number of benzene rings is 2. The highest BCUT2D eigenvalue weighted by Crippen LogP contribution is 2.72. The number of Topliss-reactive ketones (excluding diaryl/α,β-unsaturated/α-hetero) is 1. The molecule has 1 aromatic heterocycles. The molecule has 1 amide bonds. The van der Waals surface area contributed by atoms with Crippen LogP contribution in [0.1, 0.15) is 70.4 Å².